The molecule has 0 saturated carbocycles. The van der Waals surface area contributed by atoms with E-state index in [2.05, 4.69) is 12.2 Å². The first-order valence-electron chi connectivity index (χ1n) is 4.53. The molecule has 0 aromatic rings. The lowest BCUT2D eigenvalue weighted by molar-refractivity contribution is -0.123. The van der Waals surface area contributed by atoms with Crippen LogP contribution < -0.4 is 5.32 Å². The molecule has 0 aliphatic heterocycles. The fourth-order valence-corrected chi connectivity index (χ4v) is 1.27. The van der Waals surface area contributed by atoms with E-state index in [0.29, 0.717) is 6.04 Å². The molecular weight excluding hydrogens is 154 g/mol. The van der Waals surface area contributed by atoms with Gasteiger partial charge < -0.3 is 14.8 Å². The normalized spacial score (nSPS) is 13.8. The summed E-state index contributed by atoms with van der Waals surface area (Å²) < 4.78 is 10.3. The maximum Gasteiger partial charge on any atom is 0.171 e. The van der Waals surface area contributed by atoms with Gasteiger partial charge in [0.15, 0.2) is 6.29 Å². The number of ether oxygens (including phenoxy) is 2. The first kappa shape index (κ1) is 11.9. The van der Waals surface area contributed by atoms with Gasteiger partial charge in [0, 0.05) is 14.2 Å². The van der Waals surface area contributed by atoms with Crippen LogP contribution in [0.4, 0.5) is 0 Å². The summed E-state index contributed by atoms with van der Waals surface area (Å²) in [5.74, 6) is 0. The van der Waals surface area contributed by atoms with Gasteiger partial charge in [0.25, 0.3) is 0 Å². The Hall–Kier alpha value is -0.120. The second-order valence-electron chi connectivity index (χ2n) is 2.88. The van der Waals surface area contributed by atoms with Crippen molar-refractivity contribution >= 4 is 0 Å². The highest BCUT2D eigenvalue weighted by Gasteiger charge is 2.17. The van der Waals surface area contributed by atoms with Crippen LogP contribution in [0.15, 0.2) is 0 Å². The van der Waals surface area contributed by atoms with Gasteiger partial charge in [-0.25, -0.2) is 0 Å². The Kier molecular flexibility index (Phi) is 7.45. The van der Waals surface area contributed by atoms with Crippen LogP contribution >= 0.6 is 0 Å². The largest absolute Gasteiger partial charge is 0.354 e. The Balaban J connectivity index is 3.75. The van der Waals surface area contributed by atoms with Crippen molar-refractivity contribution in [3.8, 4) is 0 Å². The molecule has 1 atom stereocenters. The van der Waals surface area contributed by atoms with Gasteiger partial charge in [-0.2, -0.15) is 0 Å². The molecular formula is C9H21NO2. The summed E-state index contributed by atoms with van der Waals surface area (Å²) in [5.41, 5.74) is 0. The predicted molar refractivity (Wildman–Crippen MR) is 50.2 cm³/mol. The number of likely N-dealkylation sites (N-methyl/N-ethyl adjacent to an activating group) is 1. The first-order valence-corrected chi connectivity index (χ1v) is 4.53. The maximum atomic E-state index is 5.16. The Morgan fingerprint density at radius 3 is 2.17 bits per heavy atom. The lowest BCUT2D eigenvalue weighted by atomic mass is 10.1. The highest BCUT2D eigenvalue weighted by atomic mass is 16.7. The van der Waals surface area contributed by atoms with Crippen molar-refractivity contribution in [2.45, 2.75) is 38.5 Å². The molecule has 0 aliphatic rings. The molecule has 1 unspecified atom stereocenters. The van der Waals surface area contributed by atoms with E-state index in [1.54, 1.807) is 14.2 Å². The summed E-state index contributed by atoms with van der Waals surface area (Å²) in [5, 5.41) is 3.19. The zero-order chi connectivity index (χ0) is 9.40. The summed E-state index contributed by atoms with van der Waals surface area (Å²) in [7, 11) is 5.28. The van der Waals surface area contributed by atoms with E-state index in [-0.39, 0.29) is 6.29 Å². The number of unbranched alkanes of at least 4 members (excludes halogenated alkanes) is 1. The summed E-state index contributed by atoms with van der Waals surface area (Å²) in [6.45, 7) is 2.18. The Labute approximate surface area is 75.4 Å². The molecule has 0 rings (SSSR count). The second kappa shape index (κ2) is 7.53. The molecule has 74 valence electrons. The number of hydrogen-bond acceptors (Lipinski definition) is 3. The van der Waals surface area contributed by atoms with E-state index in [0.717, 1.165) is 6.42 Å². The fourth-order valence-electron chi connectivity index (χ4n) is 1.27. The summed E-state index contributed by atoms with van der Waals surface area (Å²) in [6.07, 6.45) is 3.38. The zero-order valence-electron chi connectivity index (χ0n) is 8.59. The minimum Gasteiger partial charge on any atom is -0.354 e. The third-order valence-corrected chi connectivity index (χ3v) is 2.03. The maximum absolute atomic E-state index is 5.16. The Bertz CT molecular complexity index is 94.5. The van der Waals surface area contributed by atoms with E-state index in [1.807, 2.05) is 7.05 Å². The van der Waals surface area contributed by atoms with E-state index in [9.17, 15) is 0 Å². The molecule has 0 bridgehead atoms. The molecule has 0 radical (unpaired) electrons. The van der Waals surface area contributed by atoms with Crippen LogP contribution in [0.1, 0.15) is 26.2 Å². The molecule has 3 heteroatoms. The van der Waals surface area contributed by atoms with Crippen molar-refractivity contribution in [2.24, 2.45) is 0 Å². The number of hydrogen-bond donors (Lipinski definition) is 1. The van der Waals surface area contributed by atoms with Crippen molar-refractivity contribution in [1.82, 2.24) is 5.32 Å². The number of methoxy groups -OCH3 is 2. The molecule has 1 N–H and O–H groups in total. The van der Waals surface area contributed by atoms with Crippen molar-refractivity contribution in [1.29, 1.82) is 0 Å². The number of rotatable bonds is 7. The van der Waals surface area contributed by atoms with E-state index >= 15 is 0 Å². The lowest BCUT2D eigenvalue weighted by Gasteiger charge is -2.23. The molecule has 0 fully saturated rings. The van der Waals surface area contributed by atoms with Crippen LogP contribution in [-0.2, 0) is 9.47 Å². The molecule has 0 aromatic carbocycles. The van der Waals surface area contributed by atoms with Crippen LogP contribution in [0.5, 0.6) is 0 Å². The van der Waals surface area contributed by atoms with Crippen LogP contribution in [0.3, 0.4) is 0 Å². The van der Waals surface area contributed by atoms with Crippen molar-refractivity contribution in [3.63, 3.8) is 0 Å². The van der Waals surface area contributed by atoms with Crippen LogP contribution in [0, 0.1) is 0 Å². The van der Waals surface area contributed by atoms with Gasteiger partial charge in [0.1, 0.15) is 0 Å². The van der Waals surface area contributed by atoms with Gasteiger partial charge in [-0.1, -0.05) is 19.8 Å². The Morgan fingerprint density at radius 2 is 1.83 bits per heavy atom. The van der Waals surface area contributed by atoms with Gasteiger partial charge in [-0.15, -0.1) is 0 Å². The van der Waals surface area contributed by atoms with E-state index in [4.69, 9.17) is 9.47 Å². The molecule has 0 heterocycles. The van der Waals surface area contributed by atoms with Gasteiger partial charge in [0.2, 0.25) is 0 Å². The topological polar surface area (TPSA) is 30.5 Å². The minimum atomic E-state index is -0.124. The molecule has 0 saturated heterocycles. The van der Waals surface area contributed by atoms with Crippen LogP contribution in [0.25, 0.3) is 0 Å². The standard InChI is InChI=1S/C9H21NO2/c1-5-6-7-8(10-2)9(11-3)12-4/h8-10H,5-7H2,1-4H3. The first-order chi connectivity index (χ1) is 5.79. The Morgan fingerprint density at radius 1 is 1.25 bits per heavy atom. The minimum absolute atomic E-state index is 0.124. The quantitative estimate of drug-likeness (QED) is 0.593. The fraction of sp³-hybridized carbons (Fsp3) is 1.00. The smallest absolute Gasteiger partial charge is 0.171 e. The lowest BCUT2D eigenvalue weighted by Crippen LogP contribution is -2.39. The SMILES string of the molecule is CCCCC(NC)C(OC)OC. The summed E-state index contributed by atoms with van der Waals surface area (Å²) in [6, 6.07) is 0.306. The average molecular weight is 175 g/mol. The monoisotopic (exact) mass is 175 g/mol. The third kappa shape index (κ3) is 4.04. The molecule has 0 spiro atoms. The van der Waals surface area contributed by atoms with E-state index < -0.39 is 0 Å². The molecule has 3 nitrogen and oxygen atoms in total. The van der Waals surface area contributed by atoms with Crippen molar-refractivity contribution in [2.75, 3.05) is 21.3 Å². The molecule has 0 aliphatic carbocycles. The van der Waals surface area contributed by atoms with Gasteiger partial charge in [-0.05, 0) is 13.5 Å². The van der Waals surface area contributed by atoms with Gasteiger partial charge >= 0.3 is 0 Å². The average Bonchev–Trinajstić information content (AvgIpc) is 2.12. The van der Waals surface area contributed by atoms with Crippen LogP contribution in [0.2, 0.25) is 0 Å². The van der Waals surface area contributed by atoms with Crippen molar-refractivity contribution < 1.29 is 9.47 Å². The van der Waals surface area contributed by atoms with Gasteiger partial charge in [-0.3, -0.25) is 0 Å². The third-order valence-electron chi connectivity index (χ3n) is 2.03. The van der Waals surface area contributed by atoms with E-state index in [1.165, 1.54) is 12.8 Å². The zero-order valence-corrected chi connectivity index (χ0v) is 8.59. The highest BCUT2D eigenvalue weighted by molar-refractivity contribution is 4.67. The second-order valence-corrected chi connectivity index (χ2v) is 2.88. The van der Waals surface area contributed by atoms with Crippen LogP contribution in [-0.4, -0.2) is 33.6 Å². The summed E-state index contributed by atoms with van der Waals surface area (Å²) in [4.78, 5) is 0. The number of nitrogens with one attached hydrogen (secondary N) is 1. The highest BCUT2D eigenvalue weighted by Crippen LogP contribution is 2.07. The molecule has 0 aromatic heterocycles. The molecule has 12 heavy (non-hydrogen) atoms. The summed E-state index contributed by atoms with van der Waals surface area (Å²) >= 11 is 0. The molecule has 0 amide bonds. The predicted octanol–water partition coefficient (Wildman–Crippen LogP) is 1.38. The van der Waals surface area contributed by atoms with Gasteiger partial charge in [0.05, 0.1) is 6.04 Å². The van der Waals surface area contributed by atoms with Crippen molar-refractivity contribution in [3.05, 3.63) is 0 Å².